The summed E-state index contributed by atoms with van der Waals surface area (Å²) < 4.78 is 4.67. The predicted molar refractivity (Wildman–Crippen MR) is 49.9 cm³/mol. The van der Waals surface area contributed by atoms with Crippen molar-refractivity contribution in [3.05, 3.63) is 11.6 Å². The summed E-state index contributed by atoms with van der Waals surface area (Å²) in [5.41, 5.74) is 1.22. The van der Waals surface area contributed by atoms with Gasteiger partial charge in [0.1, 0.15) is 6.61 Å². The highest BCUT2D eigenvalue weighted by Crippen LogP contribution is 2.08. The zero-order valence-corrected chi connectivity index (χ0v) is 8.01. The largest absolute Gasteiger partial charge is 0.463 e. The van der Waals surface area contributed by atoms with Crippen molar-refractivity contribution in [2.45, 2.75) is 39.5 Å². The van der Waals surface area contributed by atoms with Gasteiger partial charge >= 0.3 is 0 Å². The first-order chi connectivity index (χ1) is 5.85. The monoisotopic (exact) mass is 170 g/mol. The second kappa shape index (κ2) is 8.31. The van der Waals surface area contributed by atoms with Gasteiger partial charge in [0.15, 0.2) is 0 Å². The van der Waals surface area contributed by atoms with Crippen molar-refractivity contribution in [2.75, 3.05) is 6.61 Å². The zero-order valence-electron chi connectivity index (χ0n) is 8.01. The lowest BCUT2D eigenvalue weighted by atomic mass is 10.1. The van der Waals surface area contributed by atoms with Crippen molar-refractivity contribution >= 4 is 6.47 Å². The molecule has 0 saturated carbocycles. The van der Waals surface area contributed by atoms with Gasteiger partial charge < -0.3 is 4.74 Å². The molecule has 0 fully saturated rings. The molecule has 0 aliphatic rings. The van der Waals surface area contributed by atoms with Crippen molar-refractivity contribution < 1.29 is 9.53 Å². The summed E-state index contributed by atoms with van der Waals surface area (Å²) in [4.78, 5) is 9.91. The molecule has 0 N–H and O–H groups in total. The molecule has 2 nitrogen and oxygen atoms in total. The van der Waals surface area contributed by atoms with Crippen LogP contribution >= 0.6 is 0 Å². The van der Waals surface area contributed by atoms with Crippen LogP contribution < -0.4 is 0 Å². The number of unbranched alkanes of at least 4 members (excludes halogenated alkanes) is 2. The maximum atomic E-state index is 9.91. The van der Waals surface area contributed by atoms with Crippen LogP contribution in [0.4, 0.5) is 0 Å². The van der Waals surface area contributed by atoms with Crippen molar-refractivity contribution in [3.8, 4) is 0 Å². The average Bonchev–Trinajstić information content (AvgIpc) is 2.11. The van der Waals surface area contributed by atoms with Crippen LogP contribution in [0.15, 0.2) is 11.6 Å². The molecule has 0 aliphatic carbocycles. The van der Waals surface area contributed by atoms with Crippen LogP contribution in [0, 0.1) is 0 Å². The number of carbonyl (C=O) groups excluding carboxylic acids is 1. The Labute approximate surface area is 74.6 Å². The van der Waals surface area contributed by atoms with Crippen molar-refractivity contribution in [2.24, 2.45) is 0 Å². The summed E-state index contributed by atoms with van der Waals surface area (Å²) in [6, 6.07) is 0. The Morgan fingerprint density at radius 1 is 1.42 bits per heavy atom. The Bertz CT molecular complexity index is 139. The maximum absolute atomic E-state index is 9.91. The Hall–Kier alpha value is -0.790. The number of hydrogen-bond donors (Lipinski definition) is 0. The van der Waals surface area contributed by atoms with E-state index in [0.717, 1.165) is 6.42 Å². The number of allylic oxidation sites excluding steroid dienone is 1. The molecular formula is C10H18O2. The third-order valence-electron chi connectivity index (χ3n) is 1.85. The SMILES string of the molecule is CC=C(CCCCC)COC=O. The minimum Gasteiger partial charge on any atom is -0.463 e. The lowest BCUT2D eigenvalue weighted by Gasteiger charge is -2.04. The smallest absolute Gasteiger partial charge is 0.293 e. The van der Waals surface area contributed by atoms with Gasteiger partial charge in [-0.15, -0.1) is 0 Å². The van der Waals surface area contributed by atoms with E-state index in [1.807, 2.05) is 13.0 Å². The first kappa shape index (κ1) is 11.2. The van der Waals surface area contributed by atoms with Gasteiger partial charge in [-0.1, -0.05) is 25.8 Å². The Kier molecular flexibility index (Phi) is 7.76. The lowest BCUT2D eigenvalue weighted by Crippen LogP contribution is -1.96. The number of ether oxygens (including phenoxy) is 1. The van der Waals surface area contributed by atoms with E-state index in [1.54, 1.807) is 0 Å². The number of carbonyl (C=O) groups is 1. The van der Waals surface area contributed by atoms with Gasteiger partial charge in [-0.05, 0) is 25.3 Å². The third-order valence-corrected chi connectivity index (χ3v) is 1.85. The molecule has 0 aliphatic heterocycles. The molecule has 0 spiro atoms. The summed E-state index contributed by atoms with van der Waals surface area (Å²) in [6.07, 6.45) is 6.75. The van der Waals surface area contributed by atoms with Gasteiger partial charge in [-0.2, -0.15) is 0 Å². The molecule has 0 radical (unpaired) electrons. The van der Waals surface area contributed by atoms with Gasteiger partial charge in [0.25, 0.3) is 6.47 Å². The van der Waals surface area contributed by atoms with E-state index in [0.29, 0.717) is 13.1 Å². The van der Waals surface area contributed by atoms with Crippen LogP contribution in [-0.4, -0.2) is 13.1 Å². The molecule has 0 heterocycles. The molecule has 0 aromatic rings. The van der Waals surface area contributed by atoms with Crippen LogP contribution in [0.1, 0.15) is 39.5 Å². The minimum absolute atomic E-state index is 0.462. The van der Waals surface area contributed by atoms with Gasteiger partial charge in [-0.3, -0.25) is 4.79 Å². The highest BCUT2D eigenvalue weighted by molar-refractivity contribution is 5.37. The van der Waals surface area contributed by atoms with E-state index >= 15 is 0 Å². The van der Waals surface area contributed by atoms with E-state index in [4.69, 9.17) is 0 Å². The van der Waals surface area contributed by atoms with Crippen molar-refractivity contribution in [3.63, 3.8) is 0 Å². The van der Waals surface area contributed by atoms with Gasteiger partial charge in [0, 0.05) is 0 Å². The molecule has 0 aromatic heterocycles. The normalized spacial score (nSPS) is 11.3. The predicted octanol–water partition coefficient (Wildman–Crippen LogP) is 2.69. The van der Waals surface area contributed by atoms with Gasteiger partial charge in [-0.25, -0.2) is 0 Å². The van der Waals surface area contributed by atoms with Gasteiger partial charge in [0.2, 0.25) is 0 Å². The molecule has 0 bridgehead atoms. The third kappa shape index (κ3) is 5.96. The fourth-order valence-corrected chi connectivity index (χ4v) is 1.04. The van der Waals surface area contributed by atoms with Crippen LogP contribution in [0.25, 0.3) is 0 Å². The molecule has 0 unspecified atom stereocenters. The van der Waals surface area contributed by atoms with Crippen LogP contribution in [-0.2, 0) is 9.53 Å². The fourth-order valence-electron chi connectivity index (χ4n) is 1.04. The Balaban J connectivity index is 3.47. The number of rotatable bonds is 7. The van der Waals surface area contributed by atoms with E-state index in [9.17, 15) is 4.79 Å². The Morgan fingerprint density at radius 3 is 2.67 bits per heavy atom. The Morgan fingerprint density at radius 2 is 2.17 bits per heavy atom. The maximum Gasteiger partial charge on any atom is 0.293 e. The zero-order chi connectivity index (χ0) is 9.23. The van der Waals surface area contributed by atoms with E-state index in [-0.39, 0.29) is 0 Å². The second-order valence-electron chi connectivity index (χ2n) is 2.81. The molecule has 12 heavy (non-hydrogen) atoms. The molecule has 2 heteroatoms. The average molecular weight is 170 g/mol. The van der Waals surface area contributed by atoms with E-state index in [2.05, 4.69) is 11.7 Å². The summed E-state index contributed by atoms with van der Waals surface area (Å²) >= 11 is 0. The van der Waals surface area contributed by atoms with E-state index in [1.165, 1.54) is 24.8 Å². The second-order valence-corrected chi connectivity index (χ2v) is 2.81. The van der Waals surface area contributed by atoms with Crippen molar-refractivity contribution in [1.29, 1.82) is 0 Å². The van der Waals surface area contributed by atoms with Crippen molar-refractivity contribution in [1.82, 2.24) is 0 Å². The van der Waals surface area contributed by atoms with Crippen LogP contribution in [0.5, 0.6) is 0 Å². The standard InChI is InChI=1S/C10H18O2/c1-3-5-6-7-10(4-2)8-12-9-11/h4,9H,3,5-8H2,1-2H3. The molecule has 0 amide bonds. The summed E-state index contributed by atoms with van der Waals surface area (Å²) in [6.45, 7) is 5.12. The molecule has 0 atom stereocenters. The molecular weight excluding hydrogens is 152 g/mol. The van der Waals surface area contributed by atoms with E-state index < -0.39 is 0 Å². The molecule has 0 rings (SSSR count). The first-order valence-corrected chi connectivity index (χ1v) is 4.54. The molecule has 0 aromatic carbocycles. The minimum atomic E-state index is 0.462. The van der Waals surface area contributed by atoms with Crippen LogP contribution in [0.3, 0.4) is 0 Å². The topological polar surface area (TPSA) is 26.3 Å². The molecule has 0 saturated heterocycles. The first-order valence-electron chi connectivity index (χ1n) is 4.54. The molecule has 70 valence electrons. The van der Waals surface area contributed by atoms with Crippen LogP contribution in [0.2, 0.25) is 0 Å². The highest BCUT2D eigenvalue weighted by atomic mass is 16.5. The summed E-state index contributed by atoms with van der Waals surface area (Å²) in [7, 11) is 0. The number of hydrogen-bond acceptors (Lipinski definition) is 2. The highest BCUT2D eigenvalue weighted by Gasteiger charge is 1.95. The quantitative estimate of drug-likeness (QED) is 0.333. The lowest BCUT2D eigenvalue weighted by molar-refractivity contribution is -0.127. The van der Waals surface area contributed by atoms with Gasteiger partial charge in [0.05, 0.1) is 0 Å². The fraction of sp³-hybridized carbons (Fsp3) is 0.700. The summed E-state index contributed by atoms with van der Waals surface area (Å²) in [5.74, 6) is 0. The summed E-state index contributed by atoms with van der Waals surface area (Å²) in [5, 5.41) is 0.